The van der Waals surface area contributed by atoms with Crippen molar-refractivity contribution in [3.8, 4) is 0 Å². The average molecular weight is 388 g/mol. The van der Waals surface area contributed by atoms with Gasteiger partial charge in [0.05, 0.1) is 15.9 Å². The minimum absolute atomic E-state index is 0. The van der Waals surface area contributed by atoms with E-state index >= 15 is 0 Å². The summed E-state index contributed by atoms with van der Waals surface area (Å²) in [5.74, 6) is 0. The molecule has 6 nitrogen and oxygen atoms in total. The van der Waals surface area contributed by atoms with Crippen LogP contribution >= 0.6 is 0 Å². The molecule has 0 atom stereocenters. The molecular weight excluding hydrogens is 379 g/mol. The van der Waals surface area contributed by atoms with E-state index in [1.807, 2.05) is 24.3 Å². The quantitative estimate of drug-likeness (QED) is 0.285. The van der Waals surface area contributed by atoms with Crippen LogP contribution in [0.15, 0.2) is 64.3 Å². The predicted molar refractivity (Wildman–Crippen MR) is 93.1 cm³/mol. The first-order valence-electron chi connectivity index (χ1n) is 7.51. The summed E-state index contributed by atoms with van der Waals surface area (Å²) in [4.78, 5) is 17.2. The second-order valence-corrected chi connectivity index (χ2v) is 7.21. The van der Waals surface area contributed by atoms with E-state index in [0.717, 1.165) is 0 Å². The molecule has 0 bridgehead atoms. The fourth-order valence-corrected chi connectivity index (χ4v) is 4.17. The van der Waals surface area contributed by atoms with Crippen molar-refractivity contribution < 1.29 is 64.4 Å². The molecule has 3 aromatic carbocycles. The van der Waals surface area contributed by atoms with Crippen molar-refractivity contribution in [3.63, 3.8) is 0 Å². The zero-order chi connectivity index (χ0) is 17.3. The van der Waals surface area contributed by atoms with Crippen molar-refractivity contribution in [2.45, 2.75) is 4.90 Å². The molecule has 2 heterocycles. The average Bonchev–Trinajstić information content (AvgIpc) is 2.98. The number of imidazole rings is 1. The van der Waals surface area contributed by atoms with Crippen LogP contribution in [-0.2, 0) is 10.1 Å². The van der Waals surface area contributed by atoms with Crippen molar-refractivity contribution in [2.24, 2.45) is 0 Å². The van der Waals surface area contributed by atoms with Gasteiger partial charge in [-0.05, 0) is 24.3 Å². The second kappa shape index (κ2) is 6.06. The number of hydrogen-bond donors (Lipinski definition) is 0. The SMILES string of the molecule is O=c1c2ccc(S(=O)(=O)[O-])c3cccc(c32)c2nc3ccccc3n12.[K+]. The summed E-state index contributed by atoms with van der Waals surface area (Å²) in [7, 11) is -4.66. The van der Waals surface area contributed by atoms with Crippen LogP contribution in [0.2, 0.25) is 0 Å². The second-order valence-electron chi connectivity index (χ2n) is 5.86. The first-order valence-corrected chi connectivity index (χ1v) is 8.92. The van der Waals surface area contributed by atoms with Gasteiger partial charge in [0.25, 0.3) is 5.56 Å². The summed E-state index contributed by atoms with van der Waals surface area (Å²) >= 11 is 0. The van der Waals surface area contributed by atoms with Gasteiger partial charge in [0.2, 0.25) is 0 Å². The van der Waals surface area contributed by atoms with Gasteiger partial charge in [-0.2, -0.15) is 0 Å². The van der Waals surface area contributed by atoms with Gasteiger partial charge in [0.1, 0.15) is 15.8 Å². The Bertz CT molecular complexity index is 1490. The Kier molecular flexibility index (Phi) is 4.20. The third-order valence-corrected chi connectivity index (χ3v) is 5.40. The summed E-state index contributed by atoms with van der Waals surface area (Å²) < 4.78 is 36.3. The van der Waals surface area contributed by atoms with Gasteiger partial charge >= 0.3 is 51.4 Å². The molecule has 8 heteroatoms. The Balaban J connectivity index is 0.00000168. The summed E-state index contributed by atoms with van der Waals surface area (Å²) in [6, 6.07) is 14.9. The van der Waals surface area contributed by atoms with Gasteiger partial charge in [-0.1, -0.05) is 30.3 Å². The molecule has 5 rings (SSSR count). The molecule has 122 valence electrons. The van der Waals surface area contributed by atoms with Gasteiger partial charge in [-0.3, -0.25) is 9.20 Å². The van der Waals surface area contributed by atoms with E-state index < -0.39 is 10.1 Å². The number of aromatic nitrogens is 2. The van der Waals surface area contributed by atoms with Gasteiger partial charge < -0.3 is 4.55 Å². The molecule has 5 aromatic rings. The van der Waals surface area contributed by atoms with Crippen molar-refractivity contribution >= 4 is 48.3 Å². The van der Waals surface area contributed by atoms with Crippen LogP contribution in [0.3, 0.4) is 0 Å². The topological polar surface area (TPSA) is 91.6 Å². The Morgan fingerprint density at radius 3 is 2.38 bits per heavy atom. The van der Waals surface area contributed by atoms with Crippen LogP contribution in [0.1, 0.15) is 0 Å². The molecule has 0 aliphatic carbocycles. The summed E-state index contributed by atoms with van der Waals surface area (Å²) in [5, 5.41) is 1.69. The van der Waals surface area contributed by atoms with Crippen LogP contribution in [-0.4, -0.2) is 22.4 Å². The van der Waals surface area contributed by atoms with E-state index in [1.54, 1.807) is 18.2 Å². The van der Waals surface area contributed by atoms with Crippen molar-refractivity contribution in [1.29, 1.82) is 0 Å². The number of pyridine rings is 1. The standard InChI is InChI=1S/C18H10N2O4S.K/c21-18-12-8-9-15(25(22,23)24)10-4-3-5-11(16(10)12)17-19-13-6-1-2-7-14(13)20(17)18;/h1-9H,(H,22,23,24);/q;+1/p-1. The number of fused-ring (bicyclic) bond motifs is 4. The zero-order valence-corrected chi connectivity index (χ0v) is 17.6. The molecule has 26 heavy (non-hydrogen) atoms. The first kappa shape index (κ1) is 18.0. The van der Waals surface area contributed by atoms with Gasteiger partial charge in [0, 0.05) is 21.5 Å². The van der Waals surface area contributed by atoms with Crippen LogP contribution in [0.5, 0.6) is 0 Å². The number of nitrogens with zero attached hydrogens (tertiary/aromatic N) is 2. The van der Waals surface area contributed by atoms with Crippen molar-refractivity contribution in [2.75, 3.05) is 0 Å². The van der Waals surface area contributed by atoms with E-state index in [-0.39, 0.29) is 67.2 Å². The van der Waals surface area contributed by atoms with Crippen LogP contribution in [0.4, 0.5) is 0 Å². The molecule has 0 radical (unpaired) electrons. The smallest absolute Gasteiger partial charge is 0.744 e. The fraction of sp³-hybridized carbons (Fsp3) is 0. The molecule has 0 saturated carbocycles. The Morgan fingerprint density at radius 2 is 1.62 bits per heavy atom. The van der Waals surface area contributed by atoms with Crippen molar-refractivity contribution in [3.05, 3.63) is 65.0 Å². The van der Waals surface area contributed by atoms with E-state index in [1.165, 1.54) is 16.5 Å². The van der Waals surface area contributed by atoms with Crippen molar-refractivity contribution in [1.82, 2.24) is 9.38 Å². The Morgan fingerprint density at radius 1 is 0.885 bits per heavy atom. The molecule has 0 fully saturated rings. The number of rotatable bonds is 1. The van der Waals surface area contributed by atoms with Crippen LogP contribution < -0.4 is 56.9 Å². The number of hydrogen-bond acceptors (Lipinski definition) is 5. The number of para-hydroxylation sites is 2. The third-order valence-electron chi connectivity index (χ3n) is 4.51. The predicted octanol–water partition coefficient (Wildman–Crippen LogP) is -0.500. The third kappa shape index (κ3) is 2.38. The maximum absolute atomic E-state index is 13.0. The fourth-order valence-electron chi connectivity index (χ4n) is 3.50. The molecular formula is C18H9KN2O4S. The van der Waals surface area contributed by atoms with Crippen LogP contribution in [0, 0.1) is 0 Å². The Labute approximate surface area is 190 Å². The minimum atomic E-state index is -4.66. The van der Waals surface area contributed by atoms with Crippen LogP contribution in [0.25, 0.3) is 38.2 Å². The molecule has 2 aromatic heterocycles. The molecule has 0 unspecified atom stereocenters. The molecule has 0 N–H and O–H groups in total. The van der Waals surface area contributed by atoms with Gasteiger partial charge in [0.15, 0.2) is 0 Å². The largest absolute Gasteiger partial charge is 1.00 e. The molecule has 0 aliphatic rings. The maximum Gasteiger partial charge on any atom is 1.00 e. The van der Waals surface area contributed by atoms with Gasteiger partial charge in [-0.15, -0.1) is 0 Å². The van der Waals surface area contributed by atoms with E-state index in [9.17, 15) is 17.8 Å². The number of benzene rings is 3. The molecule has 0 saturated heterocycles. The zero-order valence-electron chi connectivity index (χ0n) is 13.6. The van der Waals surface area contributed by atoms with E-state index in [0.29, 0.717) is 32.8 Å². The molecule has 0 amide bonds. The Hall–Kier alpha value is -1.39. The normalized spacial score (nSPS) is 12.2. The van der Waals surface area contributed by atoms with Gasteiger partial charge in [-0.25, -0.2) is 13.4 Å². The minimum Gasteiger partial charge on any atom is -0.744 e. The molecule has 0 aliphatic heterocycles. The summed E-state index contributed by atoms with van der Waals surface area (Å²) in [6.45, 7) is 0. The summed E-state index contributed by atoms with van der Waals surface area (Å²) in [6.07, 6.45) is 0. The molecule has 0 spiro atoms. The maximum atomic E-state index is 13.0. The van der Waals surface area contributed by atoms with E-state index in [4.69, 9.17) is 0 Å². The first-order chi connectivity index (χ1) is 12.0. The monoisotopic (exact) mass is 388 g/mol. The van der Waals surface area contributed by atoms with E-state index in [2.05, 4.69) is 4.98 Å². The summed E-state index contributed by atoms with van der Waals surface area (Å²) in [5.41, 5.74) is 1.52.